The van der Waals surface area contributed by atoms with Gasteiger partial charge in [-0.2, -0.15) is 0 Å². The van der Waals surface area contributed by atoms with E-state index in [1.165, 1.54) is 0 Å². The molecule has 0 unspecified atom stereocenters. The molecule has 0 aromatic rings. The van der Waals surface area contributed by atoms with Crippen molar-refractivity contribution in [1.82, 2.24) is 0 Å². The standard InChI is InChI=1S/Cu.Fe.4GeHO2/c;;4*2-1-3/h;;4*1H/q2*+2;4*-1. The molecule has 14 heavy (non-hydrogen) atoms. The molecule has 1 radical (unpaired) electrons. The average Bonchev–Trinajstić information content (AvgIpc) is 1.92. The van der Waals surface area contributed by atoms with Crippen LogP contribution in [0.25, 0.3) is 0 Å². The molecule has 0 atom stereocenters. The molecule has 0 bridgehead atoms. The summed E-state index contributed by atoms with van der Waals surface area (Å²) in [6.45, 7) is 0. The van der Waals surface area contributed by atoms with E-state index < -0.39 is 62.8 Å². The van der Waals surface area contributed by atoms with E-state index in [4.69, 9.17) is 31.6 Å². The Labute approximate surface area is 127 Å². The summed E-state index contributed by atoms with van der Waals surface area (Å²) in [5, 5.41) is 0. The van der Waals surface area contributed by atoms with Gasteiger partial charge in [-0.05, 0) is 0 Å². The second-order valence-corrected chi connectivity index (χ2v) is 2.00. The fourth-order valence-corrected chi connectivity index (χ4v) is 0. The van der Waals surface area contributed by atoms with Crippen LogP contribution in [-0.2, 0) is 49.2 Å². The summed E-state index contributed by atoms with van der Waals surface area (Å²) in [6.07, 6.45) is 0. The van der Waals surface area contributed by atoms with Gasteiger partial charge in [-0.3, -0.25) is 0 Å². The maximum absolute atomic E-state index is 8.53. The van der Waals surface area contributed by atoms with Gasteiger partial charge < -0.3 is 0 Å². The van der Waals surface area contributed by atoms with Gasteiger partial charge in [0.25, 0.3) is 0 Å². The van der Waals surface area contributed by atoms with Crippen LogP contribution < -0.4 is 16.5 Å². The van der Waals surface area contributed by atoms with Crippen LogP contribution in [0.1, 0.15) is 0 Å². The molecular weight excluding hydrogens is 538 g/mol. The second-order valence-electron chi connectivity index (χ2n) is 0.385. The number of hydrogen-bond donors (Lipinski definition) is 0. The molecule has 0 heterocycles. The Kier molecular flexibility index (Phi) is 222. The minimum absolute atomic E-state index is 0. The zero-order valence-electron chi connectivity index (χ0n) is 6.23. The van der Waals surface area contributed by atoms with Gasteiger partial charge in [0.05, 0.1) is 0 Å². The summed E-state index contributed by atoms with van der Waals surface area (Å²) < 4.78 is 68.2. The molecule has 0 spiro atoms. The quantitative estimate of drug-likeness (QED) is 0.273. The number of hydrogen-bond acceptors (Lipinski definition) is 8. The van der Waals surface area contributed by atoms with E-state index in [9.17, 15) is 0 Å². The van der Waals surface area contributed by atoms with Crippen LogP contribution in [0, 0.1) is 0 Å². The van der Waals surface area contributed by atoms with Gasteiger partial charge in [0.15, 0.2) is 0 Å². The van der Waals surface area contributed by atoms with Crippen molar-refractivity contribution in [3.8, 4) is 0 Å². The maximum atomic E-state index is 8.53. The predicted molar refractivity (Wildman–Crippen MR) is 31.3 cm³/mol. The van der Waals surface area contributed by atoms with Crippen molar-refractivity contribution in [2.45, 2.75) is 0 Å². The molecule has 0 fully saturated rings. The van der Waals surface area contributed by atoms with Crippen LogP contribution in [0.15, 0.2) is 0 Å². The summed E-state index contributed by atoms with van der Waals surface area (Å²) in [4.78, 5) is 0. The topological polar surface area (TPSA) is 161 Å². The zero-order valence-corrected chi connectivity index (χ0v) is 18.0. The van der Waals surface area contributed by atoms with Crippen molar-refractivity contribution in [1.29, 1.82) is 0 Å². The van der Waals surface area contributed by atoms with Crippen LogP contribution in [0.3, 0.4) is 0 Å². The molecule has 0 rings (SSSR count). The molecule has 0 amide bonds. The third kappa shape index (κ3) is 835. The van der Waals surface area contributed by atoms with E-state index in [1.54, 1.807) is 0 Å². The van der Waals surface area contributed by atoms with Gasteiger partial charge >= 0.3 is 129 Å². The van der Waals surface area contributed by atoms with Crippen LogP contribution in [0.2, 0.25) is 0 Å². The molecule has 14 heteroatoms. The van der Waals surface area contributed by atoms with Crippen molar-refractivity contribution in [2.24, 2.45) is 0 Å². The Morgan fingerprint density at radius 2 is 0.571 bits per heavy atom. The predicted octanol–water partition coefficient (Wildman–Crippen LogP) is -7.83. The van der Waals surface area contributed by atoms with E-state index in [2.05, 4.69) is 0 Å². The second kappa shape index (κ2) is 86.0. The van der Waals surface area contributed by atoms with E-state index >= 15 is 0 Å². The molecule has 0 aliphatic rings. The van der Waals surface area contributed by atoms with Crippen LogP contribution in [-0.4, -0.2) is 62.8 Å². The summed E-state index contributed by atoms with van der Waals surface area (Å²) >= 11 is -8.75. The van der Waals surface area contributed by atoms with Crippen molar-refractivity contribution in [3.05, 3.63) is 0 Å². The normalized spacial score (nSPS) is 3.43. The van der Waals surface area contributed by atoms with Crippen LogP contribution in [0.5, 0.6) is 0 Å². The molecule has 0 aliphatic carbocycles. The SMILES string of the molecule is [Cu+2].[Fe+2].[O]=[GeH][O-].[O]=[GeH][O-].[O]=[GeH][O-].[O]=[GeH][O-]. The molecule has 0 saturated carbocycles. The zero-order chi connectivity index (χ0) is 10.8. The van der Waals surface area contributed by atoms with Crippen molar-refractivity contribution >= 4 is 62.8 Å². The molecule has 0 aliphatic heterocycles. The first-order chi connectivity index (χ1) is 5.66. The van der Waals surface area contributed by atoms with E-state index in [-0.39, 0.29) is 34.1 Å². The minimum atomic E-state index is -2.19. The van der Waals surface area contributed by atoms with Gasteiger partial charge in [-0.1, -0.05) is 0 Å². The third-order valence-electron chi connectivity index (χ3n) is 0. The Balaban J connectivity index is -0.0000000145. The van der Waals surface area contributed by atoms with Crippen molar-refractivity contribution in [2.75, 3.05) is 0 Å². The molecule has 0 aromatic carbocycles. The number of rotatable bonds is 0. The van der Waals surface area contributed by atoms with Crippen molar-refractivity contribution < 1.29 is 65.8 Å². The first kappa shape index (κ1) is 36.1. The van der Waals surface area contributed by atoms with E-state index in [0.717, 1.165) is 0 Å². The van der Waals surface area contributed by atoms with Gasteiger partial charge in [-0.15, -0.1) is 0 Å². The van der Waals surface area contributed by atoms with Crippen LogP contribution in [0.4, 0.5) is 0 Å². The Morgan fingerprint density at radius 3 is 0.571 bits per heavy atom. The van der Waals surface area contributed by atoms with E-state index in [0.29, 0.717) is 0 Å². The van der Waals surface area contributed by atoms with E-state index in [1.807, 2.05) is 0 Å². The molecule has 0 N–H and O–H groups in total. The average molecular weight is 542 g/mol. The van der Waals surface area contributed by atoms with Gasteiger partial charge in [0.1, 0.15) is 0 Å². The monoisotopic (exact) mass is 547 g/mol. The molecule has 0 aromatic heterocycles. The fourth-order valence-electron chi connectivity index (χ4n) is 0. The molecule has 0 saturated heterocycles. The third-order valence-corrected chi connectivity index (χ3v) is 0. The summed E-state index contributed by atoms with van der Waals surface area (Å²) in [6, 6.07) is 0. The first-order valence-corrected chi connectivity index (χ1v) is 9.80. The summed E-state index contributed by atoms with van der Waals surface area (Å²) in [7, 11) is 0. The van der Waals surface area contributed by atoms with Gasteiger partial charge in [0.2, 0.25) is 0 Å². The van der Waals surface area contributed by atoms with Crippen molar-refractivity contribution in [3.63, 3.8) is 0 Å². The summed E-state index contributed by atoms with van der Waals surface area (Å²) in [5.74, 6) is 0. The fraction of sp³-hybridized carbons (Fsp3) is 0. The van der Waals surface area contributed by atoms with Crippen LogP contribution >= 0.6 is 0 Å². The summed E-state index contributed by atoms with van der Waals surface area (Å²) in [5.41, 5.74) is 0. The Bertz CT molecular complexity index is 75.3. The Morgan fingerprint density at radius 1 is 0.571 bits per heavy atom. The first-order valence-electron chi connectivity index (χ1n) is 1.89. The van der Waals surface area contributed by atoms with Gasteiger partial charge in [-0.25, -0.2) is 0 Å². The van der Waals surface area contributed by atoms with Gasteiger partial charge in [0, 0.05) is 0 Å². The molecule has 8 nitrogen and oxygen atoms in total. The Hall–Kier alpha value is 1.61. The molecule has 87 valence electrons. The molecular formula is H4CuFeGe4O8.